The zero-order valence-electron chi connectivity index (χ0n) is 15.0. The number of amides is 1. The minimum Gasteiger partial charge on any atom is -0.497 e. The number of methoxy groups -OCH3 is 2. The molecule has 0 spiro atoms. The van der Waals surface area contributed by atoms with Gasteiger partial charge in [-0.25, -0.2) is 0 Å². The summed E-state index contributed by atoms with van der Waals surface area (Å²) in [4.78, 5) is 13.8. The van der Waals surface area contributed by atoms with Gasteiger partial charge >= 0.3 is 0 Å². The maximum Gasteiger partial charge on any atom is 0.279 e. The molecular weight excluding hydrogens is 352 g/mol. The molecule has 1 fully saturated rings. The first-order valence-corrected chi connectivity index (χ1v) is 9.11. The van der Waals surface area contributed by atoms with Gasteiger partial charge in [0.1, 0.15) is 17.5 Å². The second kappa shape index (κ2) is 8.43. The van der Waals surface area contributed by atoms with Gasteiger partial charge in [-0.1, -0.05) is 23.7 Å². The third kappa shape index (κ3) is 4.11. The monoisotopic (exact) mass is 375 g/mol. The lowest BCUT2D eigenvalue weighted by Gasteiger charge is -2.23. The normalized spacial score (nSPS) is 19.2. The van der Waals surface area contributed by atoms with Crippen molar-refractivity contribution < 1.29 is 19.2 Å². The number of ether oxygens (including phenoxy) is 2. The van der Waals surface area contributed by atoms with Gasteiger partial charge in [0.2, 0.25) is 0 Å². The molecule has 2 N–H and O–H groups in total. The highest BCUT2D eigenvalue weighted by atomic mass is 35.5. The number of para-hydroxylation sites is 1. The number of hydrogen-bond acceptors (Lipinski definition) is 3. The van der Waals surface area contributed by atoms with Crippen LogP contribution >= 0.6 is 11.6 Å². The average Bonchev–Trinajstić information content (AvgIpc) is 3.10. The van der Waals surface area contributed by atoms with Gasteiger partial charge in [0, 0.05) is 12.8 Å². The van der Waals surface area contributed by atoms with Crippen LogP contribution in [-0.2, 0) is 4.79 Å². The van der Waals surface area contributed by atoms with Crippen LogP contribution in [0.15, 0.2) is 42.5 Å². The first-order valence-electron chi connectivity index (χ1n) is 8.73. The van der Waals surface area contributed by atoms with Crippen LogP contribution in [0.4, 0.5) is 5.69 Å². The molecule has 26 heavy (non-hydrogen) atoms. The van der Waals surface area contributed by atoms with E-state index in [9.17, 15) is 4.79 Å². The Labute approximate surface area is 158 Å². The molecule has 0 radical (unpaired) electrons. The molecule has 1 aliphatic heterocycles. The highest BCUT2D eigenvalue weighted by Crippen LogP contribution is 2.31. The highest BCUT2D eigenvalue weighted by molar-refractivity contribution is 6.33. The molecule has 1 saturated heterocycles. The Morgan fingerprint density at radius 3 is 2.77 bits per heavy atom. The van der Waals surface area contributed by atoms with E-state index in [4.69, 9.17) is 21.1 Å². The quantitative estimate of drug-likeness (QED) is 0.816. The van der Waals surface area contributed by atoms with Crippen molar-refractivity contribution in [2.24, 2.45) is 0 Å². The molecule has 138 valence electrons. The van der Waals surface area contributed by atoms with Gasteiger partial charge in [-0.2, -0.15) is 0 Å². The number of benzene rings is 2. The minimum absolute atomic E-state index is 0.0399. The van der Waals surface area contributed by atoms with E-state index in [-0.39, 0.29) is 11.9 Å². The van der Waals surface area contributed by atoms with Gasteiger partial charge in [0.05, 0.1) is 37.0 Å². The number of quaternary nitrogens is 1. The molecule has 3 rings (SSSR count). The second-order valence-electron chi connectivity index (χ2n) is 6.42. The second-order valence-corrected chi connectivity index (χ2v) is 6.82. The fourth-order valence-corrected chi connectivity index (χ4v) is 3.76. The standard InChI is InChI=1S/C20H23ClN2O3/c1-25-14-9-10-19(26-2)15(12-14)18-8-5-11-23(18)13-20(24)22-17-7-4-3-6-16(17)21/h3-4,6-7,9-10,12,18H,5,8,11,13H2,1-2H3,(H,22,24)/p+1/t18-/m1/s1. The number of anilines is 1. The smallest absolute Gasteiger partial charge is 0.279 e. The molecule has 2 aromatic rings. The van der Waals surface area contributed by atoms with Gasteiger partial charge in [0.25, 0.3) is 5.91 Å². The maximum atomic E-state index is 12.5. The number of carbonyl (C=O) groups is 1. The van der Waals surface area contributed by atoms with Crippen molar-refractivity contribution in [3.8, 4) is 11.5 Å². The number of hydrogen-bond donors (Lipinski definition) is 2. The molecule has 5 nitrogen and oxygen atoms in total. The van der Waals surface area contributed by atoms with E-state index in [1.165, 1.54) is 4.90 Å². The summed E-state index contributed by atoms with van der Waals surface area (Å²) in [5.74, 6) is 1.59. The molecule has 0 saturated carbocycles. The highest BCUT2D eigenvalue weighted by Gasteiger charge is 2.34. The predicted molar refractivity (Wildman–Crippen MR) is 102 cm³/mol. The Morgan fingerprint density at radius 2 is 2.04 bits per heavy atom. The molecule has 0 aliphatic carbocycles. The molecule has 1 heterocycles. The summed E-state index contributed by atoms with van der Waals surface area (Å²) >= 11 is 6.13. The Morgan fingerprint density at radius 1 is 1.23 bits per heavy atom. The third-order valence-electron chi connectivity index (χ3n) is 4.83. The number of rotatable bonds is 6. The fraction of sp³-hybridized carbons (Fsp3) is 0.350. The van der Waals surface area contributed by atoms with Gasteiger partial charge in [-0.05, 0) is 30.3 Å². The molecule has 6 heteroatoms. The summed E-state index contributed by atoms with van der Waals surface area (Å²) in [6.07, 6.45) is 2.08. The zero-order valence-corrected chi connectivity index (χ0v) is 15.8. The van der Waals surface area contributed by atoms with Crippen LogP contribution in [0.2, 0.25) is 5.02 Å². The predicted octanol–water partition coefficient (Wildman–Crippen LogP) is 2.72. The number of halogens is 1. The van der Waals surface area contributed by atoms with Crippen LogP contribution in [0.25, 0.3) is 0 Å². The zero-order chi connectivity index (χ0) is 18.5. The molecule has 0 bridgehead atoms. The lowest BCUT2D eigenvalue weighted by atomic mass is 10.0. The van der Waals surface area contributed by atoms with Gasteiger partial charge in [-0.3, -0.25) is 4.79 Å². The number of nitrogens with one attached hydrogen (secondary N) is 2. The topological polar surface area (TPSA) is 52.0 Å². The van der Waals surface area contributed by atoms with Crippen LogP contribution in [0.1, 0.15) is 24.4 Å². The molecular formula is C20H24ClN2O3+. The molecule has 1 unspecified atom stereocenters. The van der Waals surface area contributed by atoms with Crippen LogP contribution < -0.4 is 19.7 Å². The third-order valence-corrected chi connectivity index (χ3v) is 5.16. The molecule has 1 amide bonds. The summed E-state index contributed by atoms with van der Waals surface area (Å²) in [6, 6.07) is 13.3. The van der Waals surface area contributed by atoms with Crippen molar-refractivity contribution in [2.45, 2.75) is 18.9 Å². The van der Waals surface area contributed by atoms with E-state index in [1.54, 1.807) is 20.3 Å². The van der Waals surface area contributed by atoms with Gasteiger partial charge in [0.15, 0.2) is 6.54 Å². The van der Waals surface area contributed by atoms with Crippen molar-refractivity contribution in [3.05, 3.63) is 53.1 Å². The van der Waals surface area contributed by atoms with Gasteiger partial charge < -0.3 is 19.7 Å². The molecule has 1 aliphatic rings. The Bertz CT molecular complexity index is 781. The Balaban J connectivity index is 1.74. The summed E-state index contributed by atoms with van der Waals surface area (Å²) in [5, 5.41) is 3.46. The lowest BCUT2D eigenvalue weighted by molar-refractivity contribution is -0.910. The van der Waals surface area contributed by atoms with Crippen LogP contribution in [0.5, 0.6) is 11.5 Å². The molecule has 2 aromatic carbocycles. The number of carbonyl (C=O) groups excluding carboxylic acids is 1. The minimum atomic E-state index is -0.0399. The molecule has 0 aromatic heterocycles. The van der Waals surface area contributed by atoms with Crippen molar-refractivity contribution in [1.82, 2.24) is 0 Å². The first-order chi connectivity index (χ1) is 12.6. The molecule has 2 atom stereocenters. The summed E-state index contributed by atoms with van der Waals surface area (Å²) in [7, 11) is 3.33. The van der Waals surface area contributed by atoms with E-state index in [1.807, 2.05) is 36.4 Å². The van der Waals surface area contributed by atoms with E-state index >= 15 is 0 Å². The Hall–Kier alpha value is -2.24. The SMILES string of the molecule is COc1ccc(OC)c([C@H]2CCC[NH+]2CC(=O)Nc2ccccc2Cl)c1. The Kier molecular flexibility index (Phi) is 6.01. The van der Waals surface area contributed by atoms with Crippen molar-refractivity contribution in [2.75, 3.05) is 32.6 Å². The largest absolute Gasteiger partial charge is 0.497 e. The van der Waals surface area contributed by atoms with E-state index in [2.05, 4.69) is 5.32 Å². The lowest BCUT2D eigenvalue weighted by Crippen LogP contribution is -3.11. The van der Waals surface area contributed by atoms with Gasteiger partial charge in [-0.15, -0.1) is 0 Å². The summed E-state index contributed by atoms with van der Waals surface area (Å²) in [6.45, 7) is 1.33. The fourth-order valence-electron chi connectivity index (χ4n) is 3.57. The summed E-state index contributed by atoms with van der Waals surface area (Å²) < 4.78 is 10.9. The first kappa shape index (κ1) is 18.5. The summed E-state index contributed by atoms with van der Waals surface area (Å²) in [5.41, 5.74) is 1.73. The van der Waals surface area contributed by atoms with Crippen molar-refractivity contribution in [1.29, 1.82) is 0 Å². The average molecular weight is 376 g/mol. The van der Waals surface area contributed by atoms with Crippen LogP contribution in [0.3, 0.4) is 0 Å². The maximum absolute atomic E-state index is 12.5. The van der Waals surface area contributed by atoms with Crippen molar-refractivity contribution >= 4 is 23.2 Å². The van der Waals surface area contributed by atoms with Crippen LogP contribution in [0, 0.1) is 0 Å². The number of likely N-dealkylation sites (tertiary alicyclic amines) is 1. The van der Waals surface area contributed by atoms with Crippen LogP contribution in [-0.4, -0.2) is 33.2 Å². The van der Waals surface area contributed by atoms with E-state index in [0.29, 0.717) is 17.3 Å². The van der Waals surface area contributed by atoms with Crippen molar-refractivity contribution in [3.63, 3.8) is 0 Å². The van der Waals surface area contributed by atoms with E-state index in [0.717, 1.165) is 36.4 Å². The van der Waals surface area contributed by atoms with E-state index < -0.39 is 0 Å².